The van der Waals surface area contributed by atoms with Crippen molar-refractivity contribution in [3.05, 3.63) is 23.3 Å². The number of ether oxygens (including phenoxy) is 4. The molecular formula is C31H43BO9. The maximum Gasteiger partial charge on any atom is 0.514 e. The lowest BCUT2D eigenvalue weighted by Gasteiger charge is -2.74. The van der Waals surface area contributed by atoms with Gasteiger partial charge in [0.25, 0.3) is 0 Å². The maximum atomic E-state index is 13.3. The molecule has 4 fully saturated rings. The van der Waals surface area contributed by atoms with Crippen molar-refractivity contribution < 1.29 is 42.6 Å². The molecule has 0 aromatic heterocycles. The van der Waals surface area contributed by atoms with Crippen LogP contribution in [0.1, 0.15) is 89.6 Å². The molecular weight excluding hydrogens is 527 g/mol. The van der Waals surface area contributed by atoms with Gasteiger partial charge in [0.15, 0.2) is 5.75 Å². The summed E-state index contributed by atoms with van der Waals surface area (Å²) in [7, 11) is 0.830. The van der Waals surface area contributed by atoms with Crippen LogP contribution in [0.2, 0.25) is 5.82 Å². The van der Waals surface area contributed by atoms with Crippen LogP contribution in [-0.2, 0) is 30.0 Å². The summed E-state index contributed by atoms with van der Waals surface area (Å²) < 4.78 is 35.4. The number of esters is 1. The van der Waals surface area contributed by atoms with Crippen LogP contribution in [0.4, 0.5) is 4.79 Å². The fourth-order valence-electron chi connectivity index (χ4n) is 8.14. The van der Waals surface area contributed by atoms with E-state index in [4.69, 9.17) is 28.3 Å². The zero-order valence-electron chi connectivity index (χ0n) is 25.3. The minimum atomic E-state index is -0.957. The predicted octanol–water partition coefficient (Wildman–Crippen LogP) is 5.81. The predicted molar refractivity (Wildman–Crippen MR) is 151 cm³/mol. The van der Waals surface area contributed by atoms with Crippen LogP contribution >= 0.6 is 0 Å². The maximum absolute atomic E-state index is 13.3. The van der Waals surface area contributed by atoms with Gasteiger partial charge < -0.3 is 33.1 Å². The van der Waals surface area contributed by atoms with E-state index in [1.54, 1.807) is 32.9 Å². The van der Waals surface area contributed by atoms with E-state index in [2.05, 4.69) is 13.8 Å². The third kappa shape index (κ3) is 5.05. The van der Waals surface area contributed by atoms with Crippen LogP contribution < -0.4 is 9.47 Å². The second kappa shape index (κ2) is 10.9. The van der Waals surface area contributed by atoms with Crippen LogP contribution in [0.5, 0.6) is 11.5 Å². The second-order valence-corrected chi connectivity index (χ2v) is 13.5. The van der Waals surface area contributed by atoms with E-state index in [0.717, 1.165) is 25.5 Å². The summed E-state index contributed by atoms with van der Waals surface area (Å²) in [5, 5.41) is 0. The van der Waals surface area contributed by atoms with E-state index in [1.807, 2.05) is 6.92 Å². The summed E-state index contributed by atoms with van der Waals surface area (Å²) in [6.07, 6.45) is 4.16. The van der Waals surface area contributed by atoms with Crippen LogP contribution in [-0.4, -0.2) is 56.6 Å². The molecule has 3 saturated carbocycles. The Labute approximate surface area is 243 Å². The molecule has 41 heavy (non-hydrogen) atoms. The first-order chi connectivity index (χ1) is 19.4. The summed E-state index contributed by atoms with van der Waals surface area (Å²) >= 11 is 0. The standard InChI is InChI=1S/C31H43BO9/c1-8-9-14-37-27(34)24-21(36-7)11-10-18(25(24)38-28(35)39-29(2,3)4)15-20(12-13-33)32-40-22-16-19-17-23-30(19,5)26(22)31(23,6)41-32/h10-11,13,19-20,22-23,26H,8-9,12,14-17H2,1-7H3/t19?,20-,22?,23?,26?,30?,31-/m0/s1. The third-order valence-electron chi connectivity index (χ3n) is 9.89. The summed E-state index contributed by atoms with van der Waals surface area (Å²) in [6.45, 7) is 12.0. The van der Waals surface area contributed by atoms with E-state index in [1.165, 1.54) is 7.11 Å². The monoisotopic (exact) mass is 570 g/mol. The number of carbonyl (C=O) groups is 3. The topological polar surface area (TPSA) is 107 Å². The molecule has 0 N–H and O–H groups in total. The smallest absolute Gasteiger partial charge is 0.496 e. The van der Waals surface area contributed by atoms with Gasteiger partial charge in [-0.2, -0.15) is 0 Å². The van der Waals surface area contributed by atoms with Crippen molar-refractivity contribution in [2.24, 2.45) is 23.2 Å². The van der Waals surface area contributed by atoms with Gasteiger partial charge in [-0.3, -0.25) is 0 Å². The molecule has 9 nitrogen and oxygen atoms in total. The molecule has 0 radical (unpaired) electrons. The molecule has 0 spiro atoms. The summed E-state index contributed by atoms with van der Waals surface area (Å²) in [5.74, 6) is 0.698. The fraction of sp³-hybridized carbons (Fsp3) is 0.710. The highest BCUT2D eigenvalue weighted by atomic mass is 16.7. The van der Waals surface area contributed by atoms with Crippen LogP contribution in [0.3, 0.4) is 0 Å². The van der Waals surface area contributed by atoms with E-state index in [-0.39, 0.29) is 54.0 Å². The molecule has 5 rings (SSSR count). The number of aldehydes is 1. The molecule has 0 bridgehead atoms. The van der Waals surface area contributed by atoms with Crippen LogP contribution in [0.15, 0.2) is 12.1 Å². The second-order valence-electron chi connectivity index (χ2n) is 13.5. The Morgan fingerprint density at radius 1 is 1.22 bits per heavy atom. The lowest BCUT2D eigenvalue weighted by atomic mass is 9.34. The van der Waals surface area contributed by atoms with Crippen molar-refractivity contribution in [2.45, 2.75) is 103 Å². The normalized spacial score (nSPS) is 31.7. The Kier molecular flexibility index (Phi) is 7.96. The number of hydrogen-bond donors (Lipinski definition) is 0. The van der Waals surface area contributed by atoms with Gasteiger partial charge in [0.1, 0.15) is 23.2 Å². The molecule has 224 valence electrons. The van der Waals surface area contributed by atoms with Crippen molar-refractivity contribution in [1.29, 1.82) is 0 Å². The Morgan fingerprint density at radius 2 is 1.98 bits per heavy atom. The molecule has 3 aliphatic carbocycles. The first-order valence-corrected chi connectivity index (χ1v) is 14.9. The van der Waals surface area contributed by atoms with Gasteiger partial charge in [-0.15, -0.1) is 0 Å². The highest BCUT2D eigenvalue weighted by Gasteiger charge is 2.82. The van der Waals surface area contributed by atoms with Gasteiger partial charge in [-0.25, -0.2) is 9.59 Å². The van der Waals surface area contributed by atoms with Crippen LogP contribution in [0, 0.1) is 23.2 Å². The number of unbranched alkanes of at least 4 members (excludes halogenated alkanes) is 1. The average Bonchev–Trinajstić information content (AvgIpc) is 3.03. The molecule has 7 atom stereocenters. The van der Waals surface area contributed by atoms with Gasteiger partial charge in [0.2, 0.25) is 0 Å². The van der Waals surface area contributed by atoms with E-state index in [0.29, 0.717) is 35.2 Å². The molecule has 1 heterocycles. The van der Waals surface area contributed by atoms with E-state index < -0.39 is 24.8 Å². The van der Waals surface area contributed by atoms with Crippen LogP contribution in [0.25, 0.3) is 0 Å². The van der Waals surface area contributed by atoms with Crippen molar-refractivity contribution in [3.63, 3.8) is 0 Å². The SMILES string of the molecule is CCCCOC(=O)c1c(OC)ccc(C[C@H](CC=O)B2OC3CC4CC5C4(C)C3[C@@]5(C)O2)c1OC(=O)OC(C)(C)C. The Balaban J connectivity index is 1.46. The molecule has 1 aromatic rings. The number of hydrogen-bond acceptors (Lipinski definition) is 9. The molecule has 5 unspecified atom stereocenters. The largest absolute Gasteiger partial charge is 0.514 e. The Hall–Kier alpha value is -2.59. The molecule has 1 aromatic carbocycles. The van der Waals surface area contributed by atoms with Gasteiger partial charge >= 0.3 is 19.2 Å². The average molecular weight is 570 g/mol. The number of fused-ring (bicyclic) bond motifs is 1. The fourth-order valence-corrected chi connectivity index (χ4v) is 8.14. The summed E-state index contributed by atoms with van der Waals surface area (Å²) in [6, 6.07) is 3.38. The van der Waals surface area contributed by atoms with Gasteiger partial charge in [0.05, 0.1) is 19.3 Å². The lowest BCUT2D eigenvalue weighted by Crippen LogP contribution is -2.78. The molecule has 4 aliphatic rings. The summed E-state index contributed by atoms with van der Waals surface area (Å²) in [4.78, 5) is 38.1. The number of carbonyl (C=O) groups excluding carboxylic acids is 3. The summed E-state index contributed by atoms with van der Waals surface area (Å²) in [5.41, 5.74) is -0.268. The van der Waals surface area contributed by atoms with Crippen molar-refractivity contribution in [2.75, 3.05) is 13.7 Å². The molecule has 0 amide bonds. The van der Waals surface area contributed by atoms with Gasteiger partial charge in [-0.1, -0.05) is 26.3 Å². The van der Waals surface area contributed by atoms with Crippen molar-refractivity contribution in [1.82, 2.24) is 0 Å². The number of rotatable bonds is 11. The van der Waals surface area contributed by atoms with E-state index in [9.17, 15) is 14.4 Å². The third-order valence-corrected chi connectivity index (χ3v) is 9.89. The zero-order chi connectivity index (χ0) is 29.7. The zero-order valence-corrected chi connectivity index (χ0v) is 25.3. The molecule has 10 heteroatoms. The van der Waals surface area contributed by atoms with Gasteiger partial charge in [0, 0.05) is 24.3 Å². The molecule has 1 saturated heterocycles. The highest BCUT2D eigenvalue weighted by Crippen LogP contribution is 2.80. The first-order valence-electron chi connectivity index (χ1n) is 14.9. The Bertz CT molecular complexity index is 1190. The highest BCUT2D eigenvalue weighted by molar-refractivity contribution is 6.47. The Morgan fingerprint density at radius 3 is 2.63 bits per heavy atom. The number of benzene rings is 1. The quantitative estimate of drug-likeness (QED) is 0.107. The minimum Gasteiger partial charge on any atom is -0.496 e. The molecule has 1 aliphatic heterocycles. The van der Waals surface area contributed by atoms with Crippen molar-refractivity contribution >= 4 is 25.5 Å². The van der Waals surface area contributed by atoms with Gasteiger partial charge in [-0.05, 0) is 82.3 Å². The lowest BCUT2D eigenvalue weighted by molar-refractivity contribution is -0.312. The van der Waals surface area contributed by atoms with E-state index >= 15 is 0 Å². The van der Waals surface area contributed by atoms with Crippen molar-refractivity contribution in [3.8, 4) is 11.5 Å². The minimum absolute atomic E-state index is 0.000645. The first kappa shape index (κ1) is 29.9. The number of methoxy groups -OCH3 is 1.